The average molecular weight is 532 g/mol. The third-order valence-corrected chi connectivity index (χ3v) is 8.89. The van der Waals surface area contributed by atoms with Gasteiger partial charge in [0.2, 0.25) is 0 Å². The van der Waals surface area contributed by atoms with Gasteiger partial charge in [-0.3, -0.25) is 0 Å². The van der Waals surface area contributed by atoms with Gasteiger partial charge in [0, 0.05) is 0 Å². The van der Waals surface area contributed by atoms with Gasteiger partial charge in [0.15, 0.2) is 0 Å². The first-order chi connectivity index (χ1) is 19.8. The summed E-state index contributed by atoms with van der Waals surface area (Å²) in [4.78, 5) is 0. The van der Waals surface area contributed by atoms with E-state index in [-0.39, 0.29) is 18.3 Å². The molecule has 6 aromatic rings. The van der Waals surface area contributed by atoms with Gasteiger partial charge in [-0.15, -0.1) is 0 Å². The van der Waals surface area contributed by atoms with Crippen LogP contribution in [0.5, 0.6) is 0 Å². The van der Waals surface area contributed by atoms with Gasteiger partial charge in [0.1, 0.15) is 0 Å². The third-order valence-electron chi connectivity index (χ3n) is 8.89. The van der Waals surface area contributed by atoms with E-state index in [1.807, 2.05) is 0 Å². The van der Waals surface area contributed by atoms with Crippen molar-refractivity contribution in [2.75, 3.05) is 0 Å². The minimum atomic E-state index is -0.373. The first-order valence-corrected chi connectivity index (χ1v) is 14.4. The lowest BCUT2D eigenvalue weighted by molar-refractivity contribution is 0.00578. The van der Waals surface area contributed by atoms with Gasteiger partial charge in [0.05, 0.1) is 11.2 Å². The molecule has 200 valence electrons. The largest absolute Gasteiger partial charge is 0.494 e. The second kappa shape index (κ2) is 9.73. The molecule has 41 heavy (non-hydrogen) atoms. The van der Waals surface area contributed by atoms with Crippen LogP contribution in [0.2, 0.25) is 0 Å². The fourth-order valence-electron chi connectivity index (χ4n) is 5.87. The first kappa shape index (κ1) is 25.8. The standard InChI is InChI=1S/C38H33BO2/c1-37(2)38(3,4)41-39(40-37)33-15-10-14-28(25-33)29-17-18-31-24-32(20-19-30(31)23-29)36-34-16-9-8-13-27(34)21-22-35(36)26-11-6-5-7-12-26/h5-25H,1-4H3. The third kappa shape index (κ3) is 4.56. The van der Waals surface area contributed by atoms with E-state index in [0.717, 1.165) is 11.0 Å². The molecule has 0 aliphatic carbocycles. The number of benzene rings is 6. The van der Waals surface area contributed by atoms with Crippen LogP contribution in [0.25, 0.3) is 54.9 Å². The summed E-state index contributed by atoms with van der Waals surface area (Å²) in [5, 5.41) is 4.96. The normalized spacial score (nSPS) is 16.0. The van der Waals surface area contributed by atoms with E-state index in [1.165, 1.54) is 49.4 Å². The minimum absolute atomic E-state index is 0.362. The molecule has 0 atom stereocenters. The molecule has 6 aromatic carbocycles. The zero-order chi connectivity index (χ0) is 28.2. The van der Waals surface area contributed by atoms with E-state index in [9.17, 15) is 0 Å². The van der Waals surface area contributed by atoms with Crippen molar-refractivity contribution < 1.29 is 9.31 Å². The van der Waals surface area contributed by atoms with Crippen molar-refractivity contribution in [3.8, 4) is 33.4 Å². The Morgan fingerprint density at radius 1 is 0.463 bits per heavy atom. The predicted octanol–water partition coefficient (Wildman–Crippen LogP) is 9.29. The molecule has 0 aromatic heterocycles. The molecule has 1 heterocycles. The molecule has 0 bridgehead atoms. The molecule has 1 aliphatic heterocycles. The van der Waals surface area contributed by atoms with Crippen molar-refractivity contribution >= 4 is 34.1 Å². The number of fused-ring (bicyclic) bond motifs is 2. The van der Waals surface area contributed by atoms with Crippen LogP contribution in [0.15, 0.2) is 127 Å². The molecule has 7 rings (SSSR count). The molecule has 0 unspecified atom stereocenters. The van der Waals surface area contributed by atoms with Crippen molar-refractivity contribution in [3.05, 3.63) is 127 Å². The van der Waals surface area contributed by atoms with Crippen LogP contribution in [0.1, 0.15) is 27.7 Å². The van der Waals surface area contributed by atoms with E-state index in [2.05, 4.69) is 155 Å². The van der Waals surface area contributed by atoms with Crippen molar-refractivity contribution in [2.45, 2.75) is 38.9 Å². The molecule has 1 saturated heterocycles. The van der Waals surface area contributed by atoms with E-state index in [0.29, 0.717) is 0 Å². The van der Waals surface area contributed by atoms with Gasteiger partial charge >= 0.3 is 7.12 Å². The van der Waals surface area contributed by atoms with Gasteiger partial charge in [0.25, 0.3) is 0 Å². The van der Waals surface area contributed by atoms with Crippen LogP contribution >= 0.6 is 0 Å². The van der Waals surface area contributed by atoms with Crippen molar-refractivity contribution in [2.24, 2.45) is 0 Å². The lowest BCUT2D eigenvalue weighted by Gasteiger charge is -2.32. The van der Waals surface area contributed by atoms with Gasteiger partial charge in [-0.1, -0.05) is 115 Å². The molecule has 1 fully saturated rings. The van der Waals surface area contributed by atoms with Crippen LogP contribution < -0.4 is 5.46 Å². The van der Waals surface area contributed by atoms with E-state index in [4.69, 9.17) is 9.31 Å². The fourth-order valence-corrected chi connectivity index (χ4v) is 5.87. The molecule has 0 radical (unpaired) electrons. The minimum Gasteiger partial charge on any atom is -0.399 e. The van der Waals surface area contributed by atoms with Crippen molar-refractivity contribution in [1.29, 1.82) is 0 Å². The van der Waals surface area contributed by atoms with Crippen LogP contribution in [0, 0.1) is 0 Å². The summed E-state index contributed by atoms with van der Waals surface area (Å²) in [6.45, 7) is 8.37. The molecule has 0 amide bonds. The van der Waals surface area contributed by atoms with E-state index < -0.39 is 0 Å². The molecule has 2 nitrogen and oxygen atoms in total. The average Bonchev–Trinajstić information content (AvgIpc) is 3.22. The summed E-state index contributed by atoms with van der Waals surface area (Å²) in [7, 11) is -0.373. The second-order valence-electron chi connectivity index (χ2n) is 12.1. The smallest absolute Gasteiger partial charge is 0.399 e. The summed E-state index contributed by atoms with van der Waals surface area (Å²) in [5.74, 6) is 0. The highest BCUT2D eigenvalue weighted by molar-refractivity contribution is 6.62. The zero-order valence-electron chi connectivity index (χ0n) is 24.0. The first-order valence-electron chi connectivity index (χ1n) is 14.4. The number of hydrogen-bond donors (Lipinski definition) is 0. The Morgan fingerprint density at radius 2 is 1.05 bits per heavy atom. The van der Waals surface area contributed by atoms with Crippen LogP contribution in [0.4, 0.5) is 0 Å². The van der Waals surface area contributed by atoms with E-state index in [1.54, 1.807) is 0 Å². The zero-order valence-corrected chi connectivity index (χ0v) is 24.0. The lowest BCUT2D eigenvalue weighted by atomic mass is 9.78. The summed E-state index contributed by atoms with van der Waals surface area (Å²) in [6.07, 6.45) is 0. The van der Waals surface area contributed by atoms with Crippen molar-refractivity contribution in [3.63, 3.8) is 0 Å². The number of rotatable bonds is 4. The Morgan fingerprint density at radius 3 is 1.80 bits per heavy atom. The van der Waals surface area contributed by atoms with Gasteiger partial charge in [-0.2, -0.15) is 0 Å². The highest BCUT2D eigenvalue weighted by Gasteiger charge is 2.51. The molecular weight excluding hydrogens is 499 g/mol. The Labute approximate surface area is 242 Å². The molecular formula is C38H33BO2. The fraction of sp³-hybridized carbons (Fsp3) is 0.158. The molecule has 3 heteroatoms. The SMILES string of the molecule is CC1(C)OB(c2cccc(-c3ccc4cc(-c5c(-c6ccccc6)ccc6ccccc56)ccc4c3)c2)OC1(C)C. The maximum absolute atomic E-state index is 6.32. The van der Waals surface area contributed by atoms with Gasteiger partial charge in [-0.05, 0) is 100 Å². The summed E-state index contributed by atoms with van der Waals surface area (Å²) in [5.41, 5.74) is 7.63. The predicted molar refractivity (Wildman–Crippen MR) is 173 cm³/mol. The second-order valence-corrected chi connectivity index (χ2v) is 12.1. The lowest BCUT2D eigenvalue weighted by Crippen LogP contribution is -2.41. The Bertz CT molecular complexity index is 1890. The topological polar surface area (TPSA) is 18.5 Å². The molecule has 0 saturated carbocycles. The quantitative estimate of drug-likeness (QED) is 0.211. The Kier molecular flexibility index (Phi) is 6.12. The van der Waals surface area contributed by atoms with Crippen molar-refractivity contribution in [1.82, 2.24) is 0 Å². The van der Waals surface area contributed by atoms with Crippen LogP contribution in [-0.4, -0.2) is 18.3 Å². The maximum Gasteiger partial charge on any atom is 0.494 e. The highest BCUT2D eigenvalue weighted by Crippen LogP contribution is 2.40. The number of hydrogen-bond acceptors (Lipinski definition) is 2. The summed E-state index contributed by atoms with van der Waals surface area (Å²) in [6, 6.07) is 45.9. The Balaban J connectivity index is 1.28. The van der Waals surface area contributed by atoms with Crippen LogP contribution in [-0.2, 0) is 9.31 Å². The maximum atomic E-state index is 6.32. The monoisotopic (exact) mass is 532 g/mol. The molecule has 0 N–H and O–H groups in total. The van der Waals surface area contributed by atoms with Gasteiger partial charge < -0.3 is 9.31 Å². The van der Waals surface area contributed by atoms with Crippen LogP contribution in [0.3, 0.4) is 0 Å². The Hall–Kier alpha value is -4.18. The molecule has 0 spiro atoms. The summed E-state index contributed by atoms with van der Waals surface area (Å²) >= 11 is 0. The highest BCUT2D eigenvalue weighted by atomic mass is 16.7. The molecule has 1 aliphatic rings. The van der Waals surface area contributed by atoms with E-state index >= 15 is 0 Å². The summed E-state index contributed by atoms with van der Waals surface area (Å²) < 4.78 is 12.6. The van der Waals surface area contributed by atoms with Gasteiger partial charge in [-0.25, -0.2) is 0 Å².